The van der Waals surface area contributed by atoms with E-state index in [4.69, 9.17) is 0 Å². The van der Waals surface area contributed by atoms with Gasteiger partial charge in [-0.05, 0) is 19.9 Å². The molecule has 1 aliphatic heterocycles. The van der Waals surface area contributed by atoms with Crippen LogP contribution in [0.1, 0.15) is 31.1 Å². The minimum absolute atomic E-state index is 0.0990. The Kier molecular flexibility index (Phi) is 4.86. The third kappa shape index (κ3) is 2.90. The van der Waals surface area contributed by atoms with Gasteiger partial charge in [0, 0.05) is 36.3 Å². The van der Waals surface area contributed by atoms with Crippen LogP contribution in [0.2, 0.25) is 0 Å². The van der Waals surface area contributed by atoms with Gasteiger partial charge in [0.05, 0.1) is 5.56 Å². The third-order valence-electron chi connectivity index (χ3n) is 3.61. The Morgan fingerprint density at radius 1 is 1.60 bits per heavy atom. The number of rotatable bonds is 3. The van der Waals surface area contributed by atoms with Gasteiger partial charge in [-0.1, -0.05) is 6.92 Å². The first kappa shape index (κ1) is 15.1. The number of aromatic nitrogens is 1. The molecule has 0 spiro atoms. The molecule has 2 atom stereocenters. The number of carbonyl (C=O) groups excluding carboxylic acids is 1. The van der Waals surface area contributed by atoms with Crippen molar-refractivity contribution >= 4 is 23.5 Å². The van der Waals surface area contributed by atoms with Crippen molar-refractivity contribution < 1.29 is 9.18 Å². The minimum Gasteiger partial charge on any atom is -0.368 e. The second-order valence-electron chi connectivity index (χ2n) is 4.87. The van der Waals surface area contributed by atoms with E-state index in [9.17, 15) is 9.18 Å². The van der Waals surface area contributed by atoms with Crippen LogP contribution in [-0.2, 0) is 0 Å². The van der Waals surface area contributed by atoms with Gasteiger partial charge in [-0.2, -0.15) is 11.8 Å². The largest absolute Gasteiger partial charge is 0.368 e. The van der Waals surface area contributed by atoms with Crippen LogP contribution in [0, 0.1) is 5.82 Å². The zero-order valence-electron chi connectivity index (χ0n) is 12.0. The van der Waals surface area contributed by atoms with Crippen LogP contribution in [0.3, 0.4) is 0 Å². The lowest BCUT2D eigenvalue weighted by atomic mass is 10.1. The molecule has 20 heavy (non-hydrogen) atoms. The van der Waals surface area contributed by atoms with E-state index in [0.717, 1.165) is 5.75 Å². The van der Waals surface area contributed by atoms with Gasteiger partial charge in [-0.25, -0.2) is 9.37 Å². The van der Waals surface area contributed by atoms with Crippen molar-refractivity contribution in [1.82, 2.24) is 9.88 Å². The Morgan fingerprint density at radius 2 is 2.35 bits per heavy atom. The summed E-state index contributed by atoms with van der Waals surface area (Å²) >= 11 is 1.85. The van der Waals surface area contributed by atoms with E-state index in [0.29, 0.717) is 18.3 Å². The summed E-state index contributed by atoms with van der Waals surface area (Å²) in [5.74, 6) is 0.232. The summed E-state index contributed by atoms with van der Waals surface area (Å²) in [6, 6.07) is 1.56. The van der Waals surface area contributed by atoms with Crippen molar-refractivity contribution in [2.75, 3.05) is 24.2 Å². The van der Waals surface area contributed by atoms with Crippen LogP contribution in [0.5, 0.6) is 0 Å². The lowest BCUT2D eigenvalue weighted by Crippen LogP contribution is -2.48. The maximum atomic E-state index is 14.3. The summed E-state index contributed by atoms with van der Waals surface area (Å²) in [6.07, 6.45) is 1.47. The summed E-state index contributed by atoms with van der Waals surface area (Å²) in [7, 11) is 0. The molecule has 4 nitrogen and oxygen atoms in total. The van der Waals surface area contributed by atoms with Crippen molar-refractivity contribution in [2.45, 2.75) is 32.1 Å². The van der Waals surface area contributed by atoms with Crippen LogP contribution >= 0.6 is 11.8 Å². The van der Waals surface area contributed by atoms with Crippen LogP contribution in [0.15, 0.2) is 12.3 Å². The molecule has 2 heterocycles. The lowest BCUT2D eigenvalue weighted by molar-refractivity contribution is 0.0693. The van der Waals surface area contributed by atoms with Crippen molar-refractivity contribution in [3.63, 3.8) is 0 Å². The smallest absolute Gasteiger partial charge is 0.257 e. The number of thioether (sulfide) groups is 1. The Hall–Kier alpha value is -1.30. The molecule has 1 amide bonds. The third-order valence-corrected chi connectivity index (χ3v) is 4.95. The van der Waals surface area contributed by atoms with Crippen LogP contribution < -0.4 is 5.32 Å². The SMILES string of the molecule is CCNc1nccc(C(=O)N2CCSC(C)C2C)c1F. The average molecular weight is 297 g/mol. The van der Waals surface area contributed by atoms with E-state index < -0.39 is 5.82 Å². The average Bonchev–Trinajstić information content (AvgIpc) is 2.44. The van der Waals surface area contributed by atoms with E-state index in [1.165, 1.54) is 12.3 Å². The van der Waals surface area contributed by atoms with Gasteiger partial charge in [-0.15, -0.1) is 0 Å². The van der Waals surface area contributed by atoms with Crippen LogP contribution in [0.4, 0.5) is 10.2 Å². The van der Waals surface area contributed by atoms with E-state index >= 15 is 0 Å². The van der Waals surface area contributed by atoms with Gasteiger partial charge in [0.1, 0.15) is 0 Å². The number of amides is 1. The molecule has 1 N–H and O–H groups in total. The first-order valence-corrected chi connectivity index (χ1v) is 7.92. The zero-order chi connectivity index (χ0) is 14.7. The van der Waals surface area contributed by atoms with E-state index in [-0.39, 0.29) is 23.3 Å². The van der Waals surface area contributed by atoms with Gasteiger partial charge in [0.15, 0.2) is 11.6 Å². The van der Waals surface area contributed by atoms with E-state index in [1.807, 2.05) is 25.6 Å². The number of pyridine rings is 1. The van der Waals surface area contributed by atoms with Gasteiger partial charge in [0.25, 0.3) is 5.91 Å². The molecule has 1 aromatic heterocycles. The monoisotopic (exact) mass is 297 g/mol. The van der Waals surface area contributed by atoms with Crippen molar-refractivity contribution in [3.8, 4) is 0 Å². The molecule has 0 bridgehead atoms. The number of hydrogen-bond donors (Lipinski definition) is 1. The fourth-order valence-corrected chi connectivity index (χ4v) is 3.37. The van der Waals surface area contributed by atoms with Crippen molar-refractivity contribution in [3.05, 3.63) is 23.6 Å². The Labute approximate surface area is 123 Å². The molecule has 0 aromatic carbocycles. The van der Waals surface area contributed by atoms with Crippen molar-refractivity contribution in [2.24, 2.45) is 0 Å². The highest BCUT2D eigenvalue weighted by Gasteiger charge is 2.31. The number of nitrogens with zero attached hydrogens (tertiary/aromatic N) is 2. The zero-order valence-corrected chi connectivity index (χ0v) is 12.8. The van der Waals surface area contributed by atoms with E-state index in [2.05, 4.69) is 17.2 Å². The van der Waals surface area contributed by atoms with Gasteiger partial charge < -0.3 is 10.2 Å². The summed E-state index contributed by atoms with van der Waals surface area (Å²) in [5.41, 5.74) is 0.0990. The number of halogens is 1. The molecule has 2 unspecified atom stereocenters. The molecule has 110 valence electrons. The predicted molar refractivity (Wildman–Crippen MR) is 80.8 cm³/mol. The Balaban J connectivity index is 2.26. The molecule has 2 rings (SSSR count). The topological polar surface area (TPSA) is 45.2 Å². The predicted octanol–water partition coefficient (Wildman–Crippen LogP) is 2.62. The molecule has 1 aliphatic rings. The normalized spacial score (nSPS) is 22.7. The first-order valence-electron chi connectivity index (χ1n) is 6.87. The Morgan fingerprint density at radius 3 is 3.05 bits per heavy atom. The summed E-state index contributed by atoms with van der Waals surface area (Å²) < 4.78 is 14.3. The van der Waals surface area contributed by atoms with Crippen molar-refractivity contribution in [1.29, 1.82) is 0 Å². The second-order valence-corrected chi connectivity index (χ2v) is 6.35. The second kappa shape index (κ2) is 6.43. The van der Waals surface area contributed by atoms with Gasteiger partial charge in [0.2, 0.25) is 0 Å². The molecule has 0 aliphatic carbocycles. The molecular weight excluding hydrogens is 277 g/mol. The summed E-state index contributed by atoms with van der Waals surface area (Å²) in [4.78, 5) is 18.2. The summed E-state index contributed by atoms with van der Waals surface area (Å²) in [5, 5.41) is 3.20. The fourth-order valence-electron chi connectivity index (χ4n) is 2.27. The molecule has 0 radical (unpaired) electrons. The fraction of sp³-hybridized carbons (Fsp3) is 0.571. The maximum absolute atomic E-state index is 14.3. The highest BCUT2D eigenvalue weighted by molar-refractivity contribution is 8.00. The molecule has 0 saturated carbocycles. The molecule has 6 heteroatoms. The molecule has 1 fully saturated rings. The number of anilines is 1. The first-order chi connectivity index (χ1) is 9.56. The van der Waals surface area contributed by atoms with Crippen LogP contribution in [-0.4, -0.2) is 45.9 Å². The quantitative estimate of drug-likeness (QED) is 0.931. The van der Waals surface area contributed by atoms with Gasteiger partial charge >= 0.3 is 0 Å². The number of carbonyl (C=O) groups is 1. The van der Waals surface area contributed by atoms with Crippen LogP contribution in [0.25, 0.3) is 0 Å². The molecular formula is C14H20FN3OS. The molecule has 1 aromatic rings. The minimum atomic E-state index is -0.558. The van der Waals surface area contributed by atoms with Gasteiger partial charge in [-0.3, -0.25) is 4.79 Å². The van der Waals surface area contributed by atoms with E-state index in [1.54, 1.807) is 4.90 Å². The number of hydrogen-bond acceptors (Lipinski definition) is 4. The lowest BCUT2D eigenvalue weighted by Gasteiger charge is -2.37. The highest BCUT2D eigenvalue weighted by atomic mass is 32.2. The number of nitrogens with one attached hydrogen (secondary N) is 1. The maximum Gasteiger partial charge on any atom is 0.257 e. The summed E-state index contributed by atoms with van der Waals surface area (Å²) in [6.45, 7) is 7.20. The Bertz CT molecular complexity index is 497. The molecule has 1 saturated heterocycles. The highest BCUT2D eigenvalue weighted by Crippen LogP contribution is 2.26. The standard InChI is InChI=1S/C14H20FN3OS/c1-4-16-13-12(15)11(5-6-17-13)14(19)18-7-8-20-10(3)9(18)2/h5-6,9-10H,4,7-8H2,1-3H3,(H,16,17).